The van der Waals surface area contributed by atoms with Crippen molar-refractivity contribution in [3.05, 3.63) is 30.1 Å². The molecule has 1 saturated heterocycles. The van der Waals surface area contributed by atoms with E-state index in [4.69, 9.17) is 11.5 Å². The van der Waals surface area contributed by atoms with E-state index in [1.54, 1.807) is 26.0 Å². The molecule has 0 saturated carbocycles. The normalized spacial score (nSPS) is 17.0. The summed E-state index contributed by atoms with van der Waals surface area (Å²) in [5, 5.41) is 11.4. The quantitative estimate of drug-likeness (QED) is 0.670. The van der Waals surface area contributed by atoms with Crippen LogP contribution >= 0.6 is 0 Å². The maximum Gasteiger partial charge on any atom is 0.404 e. The third-order valence-corrected chi connectivity index (χ3v) is 6.91. The van der Waals surface area contributed by atoms with Crippen LogP contribution in [0.15, 0.2) is 24.3 Å². The number of piperazine rings is 1. The van der Waals surface area contributed by atoms with E-state index in [0.717, 1.165) is 5.69 Å². The predicted octanol–water partition coefficient (Wildman–Crippen LogP) is 1.96. The molecule has 0 aliphatic carbocycles. The van der Waals surface area contributed by atoms with Crippen molar-refractivity contribution in [1.82, 2.24) is 9.62 Å². The van der Waals surface area contributed by atoms with Gasteiger partial charge in [0.05, 0.1) is 11.8 Å². The first kappa shape index (κ1) is 22.0. The van der Waals surface area contributed by atoms with E-state index in [9.17, 15) is 17.6 Å². The fourth-order valence-corrected chi connectivity index (χ4v) is 5.08. The van der Waals surface area contributed by atoms with E-state index in [-0.39, 0.29) is 31.1 Å². The Labute approximate surface area is 165 Å². The van der Waals surface area contributed by atoms with Gasteiger partial charge in [-0.2, -0.15) is 4.31 Å². The largest absolute Gasteiger partial charge is 0.465 e. The molecule has 2 N–H and O–H groups in total. The second kappa shape index (κ2) is 8.80. The number of rotatable bonds is 7. The van der Waals surface area contributed by atoms with Gasteiger partial charge in [0, 0.05) is 38.3 Å². The molecule has 0 radical (unpaired) electrons. The summed E-state index contributed by atoms with van der Waals surface area (Å²) in [5.41, 5.74) is 0.120. The Bertz CT molecular complexity index is 826. The smallest absolute Gasteiger partial charge is 0.404 e. The molecule has 1 aromatic rings. The molecule has 1 unspecified atom stereocenters. The van der Waals surface area contributed by atoms with Gasteiger partial charge in [-0.05, 0) is 29.7 Å². The highest BCUT2D eigenvalue weighted by molar-refractivity contribution is 7.89. The minimum atomic E-state index is -3.69. The minimum absolute atomic E-state index is 0.242. The topological polar surface area (TPSA) is 90.0 Å². The molecule has 1 fully saturated rings. The average molecular weight is 411 g/mol. The van der Waals surface area contributed by atoms with Crippen LogP contribution < -0.4 is 10.2 Å². The predicted molar refractivity (Wildman–Crippen MR) is 106 cm³/mol. The van der Waals surface area contributed by atoms with E-state index in [1.165, 1.54) is 16.4 Å². The first-order chi connectivity index (χ1) is 13.0. The van der Waals surface area contributed by atoms with Crippen molar-refractivity contribution in [3.8, 4) is 12.3 Å². The van der Waals surface area contributed by atoms with Gasteiger partial charge in [-0.1, -0.05) is 13.8 Å². The van der Waals surface area contributed by atoms with Crippen LogP contribution in [0.3, 0.4) is 0 Å². The third-order valence-electron chi connectivity index (χ3n) is 5.00. The first-order valence-electron chi connectivity index (χ1n) is 8.96. The van der Waals surface area contributed by atoms with Gasteiger partial charge in [-0.3, -0.25) is 0 Å². The van der Waals surface area contributed by atoms with Crippen molar-refractivity contribution in [3.63, 3.8) is 0 Å². The Morgan fingerprint density at radius 2 is 1.86 bits per heavy atom. The lowest BCUT2D eigenvalue weighted by Gasteiger charge is -2.38. The van der Waals surface area contributed by atoms with Gasteiger partial charge in [0.25, 0.3) is 0 Å². The number of benzene rings is 1. The van der Waals surface area contributed by atoms with Crippen molar-refractivity contribution in [2.24, 2.45) is 5.41 Å². The van der Waals surface area contributed by atoms with Crippen LogP contribution in [-0.4, -0.2) is 61.9 Å². The lowest BCUT2D eigenvalue weighted by atomic mass is 9.82. The van der Waals surface area contributed by atoms with E-state index in [1.807, 2.05) is 4.90 Å². The van der Waals surface area contributed by atoms with Crippen LogP contribution in [-0.2, 0) is 10.0 Å². The van der Waals surface area contributed by atoms with Gasteiger partial charge in [0.1, 0.15) is 5.82 Å². The number of anilines is 1. The number of hydrogen-bond acceptors (Lipinski definition) is 4. The fraction of sp³-hybridized carbons (Fsp3) is 0.526. The molecule has 1 atom stereocenters. The van der Waals surface area contributed by atoms with Gasteiger partial charge in [0.15, 0.2) is 0 Å². The summed E-state index contributed by atoms with van der Waals surface area (Å²) in [4.78, 5) is 13.1. The molecule has 0 bridgehead atoms. The van der Waals surface area contributed by atoms with Crippen LogP contribution in [0.5, 0.6) is 0 Å². The van der Waals surface area contributed by atoms with Crippen molar-refractivity contribution >= 4 is 21.8 Å². The number of carbonyl (C=O) groups is 1. The van der Waals surface area contributed by atoms with Crippen molar-refractivity contribution in [2.75, 3.05) is 36.8 Å². The summed E-state index contributed by atoms with van der Waals surface area (Å²) in [5.74, 6) is 1.80. The second-order valence-corrected chi connectivity index (χ2v) is 9.53. The number of halogens is 1. The Balaban J connectivity index is 2.06. The van der Waals surface area contributed by atoms with Crippen LogP contribution in [0.1, 0.15) is 20.3 Å². The third kappa shape index (κ3) is 5.59. The van der Waals surface area contributed by atoms with Gasteiger partial charge < -0.3 is 15.3 Å². The Morgan fingerprint density at radius 3 is 2.36 bits per heavy atom. The first-order valence-corrected chi connectivity index (χ1v) is 10.6. The molecule has 1 heterocycles. The Morgan fingerprint density at radius 1 is 1.29 bits per heavy atom. The molecule has 1 aliphatic heterocycles. The van der Waals surface area contributed by atoms with Gasteiger partial charge in [0.2, 0.25) is 10.0 Å². The average Bonchev–Trinajstić information content (AvgIpc) is 2.61. The monoisotopic (exact) mass is 411 g/mol. The van der Waals surface area contributed by atoms with E-state index in [0.29, 0.717) is 13.1 Å². The van der Waals surface area contributed by atoms with Crippen molar-refractivity contribution < 1.29 is 22.7 Å². The zero-order valence-electron chi connectivity index (χ0n) is 16.1. The summed E-state index contributed by atoms with van der Waals surface area (Å²) < 4.78 is 40.2. The summed E-state index contributed by atoms with van der Waals surface area (Å²) in [6.07, 6.45) is 4.31. The molecular weight excluding hydrogens is 385 g/mol. The zero-order valence-corrected chi connectivity index (χ0v) is 16.9. The van der Waals surface area contributed by atoms with Crippen LogP contribution in [0.4, 0.5) is 14.9 Å². The number of carboxylic acid groups (broad SMARTS) is 1. The van der Waals surface area contributed by atoms with Crippen molar-refractivity contribution in [2.45, 2.75) is 26.3 Å². The zero-order chi connectivity index (χ0) is 20.9. The minimum Gasteiger partial charge on any atom is -0.465 e. The van der Waals surface area contributed by atoms with E-state index in [2.05, 4.69) is 11.2 Å². The Kier molecular flexibility index (Phi) is 6.91. The number of nitrogens with zero attached hydrogens (tertiary/aromatic N) is 2. The highest BCUT2D eigenvalue weighted by Crippen LogP contribution is 2.27. The van der Waals surface area contributed by atoms with Crippen molar-refractivity contribution in [1.29, 1.82) is 0 Å². The maximum absolute atomic E-state index is 13.1. The molecular formula is C19H26FN3O4S. The molecule has 1 aliphatic rings. The highest BCUT2D eigenvalue weighted by atomic mass is 32.2. The Hall–Kier alpha value is -2.31. The molecule has 0 spiro atoms. The van der Waals surface area contributed by atoms with Crippen LogP contribution in [0, 0.1) is 23.6 Å². The molecule has 154 valence electrons. The number of sulfonamides is 1. The van der Waals surface area contributed by atoms with Crippen LogP contribution in [0.2, 0.25) is 0 Å². The second-order valence-electron chi connectivity index (χ2n) is 7.51. The van der Waals surface area contributed by atoms with Gasteiger partial charge in [-0.25, -0.2) is 17.6 Å². The highest BCUT2D eigenvalue weighted by Gasteiger charge is 2.37. The van der Waals surface area contributed by atoms with Crippen LogP contribution in [0.25, 0.3) is 0 Å². The van der Waals surface area contributed by atoms with Gasteiger partial charge in [-0.15, -0.1) is 12.3 Å². The van der Waals surface area contributed by atoms with Gasteiger partial charge >= 0.3 is 6.09 Å². The summed E-state index contributed by atoms with van der Waals surface area (Å²) in [6.45, 7) is 4.97. The molecule has 1 aromatic carbocycles. The number of terminal acetylenes is 1. The number of nitrogens with one attached hydrogen (secondary N) is 1. The van der Waals surface area contributed by atoms with E-state index < -0.39 is 27.6 Å². The maximum atomic E-state index is 13.1. The molecule has 1 amide bonds. The standard InChI is InChI=1S/C19H26FN3O4S/c1-4-9-19(2,3)17(21-18(24)25)14-28(26,27)23-12-10-22(11-13-23)16-7-5-15(20)6-8-16/h1,5-8,17,21H,9-14H2,2-3H3,(H,24,25). The van der Waals surface area contributed by atoms with E-state index >= 15 is 0 Å². The summed E-state index contributed by atoms with van der Waals surface area (Å²) >= 11 is 0. The molecule has 2 rings (SSSR count). The fourth-order valence-electron chi connectivity index (χ4n) is 3.19. The summed E-state index contributed by atoms with van der Waals surface area (Å²) in [7, 11) is -3.69. The lowest BCUT2D eigenvalue weighted by molar-refractivity contribution is 0.175. The molecule has 28 heavy (non-hydrogen) atoms. The molecule has 7 nitrogen and oxygen atoms in total. The summed E-state index contributed by atoms with van der Waals surface area (Å²) in [6, 6.07) is 5.23. The molecule has 9 heteroatoms. The number of amides is 1. The SMILES string of the molecule is C#CCC(C)(C)C(CS(=O)(=O)N1CCN(c2ccc(F)cc2)CC1)NC(=O)O. The number of hydrogen-bond donors (Lipinski definition) is 2. The lowest BCUT2D eigenvalue weighted by Crippen LogP contribution is -2.54. The molecule has 0 aromatic heterocycles.